The number of pyridine rings is 1. The Balaban J connectivity index is 2.08. The van der Waals surface area contributed by atoms with Crippen LogP contribution in [-0.2, 0) is 4.74 Å². The average molecular weight is 262 g/mol. The quantitative estimate of drug-likeness (QED) is 0.848. The van der Waals surface area contributed by atoms with Gasteiger partial charge in [0, 0.05) is 12.7 Å². The van der Waals surface area contributed by atoms with Gasteiger partial charge in [-0.3, -0.25) is 0 Å². The number of hydrogen-bond acceptors (Lipinski definition) is 4. The van der Waals surface area contributed by atoms with Crippen molar-refractivity contribution in [1.29, 1.82) is 0 Å². The van der Waals surface area contributed by atoms with Crippen LogP contribution in [0.5, 0.6) is 0 Å². The summed E-state index contributed by atoms with van der Waals surface area (Å²) < 4.78 is 4.76. The molecule has 1 aromatic rings. The van der Waals surface area contributed by atoms with Crippen molar-refractivity contribution in [3.63, 3.8) is 0 Å². The van der Waals surface area contributed by atoms with Crippen LogP contribution in [0.15, 0.2) is 18.3 Å². The maximum atomic E-state index is 11.6. The summed E-state index contributed by atoms with van der Waals surface area (Å²) in [5, 5.41) is 3.29. The summed E-state index contributed by atoms with van der Waals surface area (Å²) in [6.07, 6.45) is 1.68. The lowest BCUT2D eigenvalue weighted by atomic mass is 10.0. The van der Waals surface area contributed by atoms with Gasteiger partial charge in [0.1, 0.15) is 11.4 Å². The summed E-state index contributed by atoms with van der Waals surface area (Å²) in [5.74, 6) is 0.824. The number of esters is 1. The molecule has 2 rings (SSSR count). The molecular weight excluding hydrogens is 240 g/mol. The van der Waals surface area contributed by atoms with Gasteiger partial charge in [-0.15, -0.1) is 0 Å². The van der Waals surface area contributed by atoms with Gasteiger partial charge in [-0.1, -0.05) is 27.7 Å². The molecule has 19 heavy (non-hydrogen) atoms. The van der Waals surface area contributed by atoms with Gasteiger partial charge in [-0.25, -0.2) is 9.78 Å². The fraction of sp³-hybridized carbons (Fsp3) is 0.600. The molecule has 4 heteroatoms. The lowest BCUT2D eigenvalue weighted by Gasteiger charge is -2.10. The summed E-state index contributed by atoms with van der Waals surface area (Å²) >= 11 is 0. The molecular formula is C15H22N2O2. The Morgan fingerprint density at radius 1 is 1.37 bits per heavy atom. The van der Waals surface area contributed by atoms with E-state index in [0.29, 0.717) is 28.1 Å². The van der Waals surface area contributed by atoms with Crippen molar-refractivity contribution in [3.8, 4) is 0 Å². The van der Waals surface area contributed by atoms with Gasteiger partial charge in [-0.2, -0.15) is 0 Å². The number of methoxy groups -OCH3 is 1. The Kier molecular flexibility index (Phi) is 3.29. The maximum absolute atomic E-state index is 11.6. The van der Waals surface area contributed by atoms with Crippen molar-refractivity contribution in [3.05, 3.63) is 23.9 Å². The molecule has 0 atom stereocenters. The van der Waals surface area contributed by atoms with Crippen molar-refractivity contribution in [2.45, 2.75) is 27.7 Å². The van der Waals surface area contributed by atoms with Gasteiger partial charge >= 0.3 is 5.97 Å². The monoisotopic (exact) mass is 262 g/mol. The van der Waals surface area contributed by atoms with E-state index in [1.54, 1.807) is 18.3 Å². The zero-order valence-electron chi connectivity index (χ0n) is 12.3. The van der Waals surface area contributed by atoms with Crippen LogP contribution in [-0.4, -0.2) is 24.6 Å². The molecule has 0 spiro atoms. The van der Waals surface area contributed by atoms with Gasteiger partial charge in [0.25, 0.3) is 0 Å². The largest absolute Gasteiger partial charge is 0.465 e. The van der Waals surface area contributed by atoms with Gasteiger partial charge in [0.05, 0.1) is 7.11 Å². The van der Waals surface area contributed by atoms with E-state index in [-0.39, 0.29) is 5.97 Å². The first-order chi connectivity index (χ1) is 8.82. The summed E-state index contributed by atoms with van der Waals surface area (Å²) in [6, 6.07) is 3.47. The van der Waals surface area contributed by atoms with E-state index in [1.165, 1.54) is 7.11 Å². The first-order valence-corrected chi connectivity index (χ1v) is 6.59. The molecule has 1 aliphatic rings. The third-order valence-corrected chi connectivity index (χ3v) is 5.01. The molecule has 0 saturated heterocycles. The van der Waals surface area contributed by atoms with Crippen LogP contribution >= 0.6 is 0 Å². The van der Waals surface area contributed by atoms with E-state index in [9.17, 15) is 4.79 Å². The zero-order chi connectivity index (χ0) is 14.3. The highest BCUT2D eigenvalue weighted by Crippen LogP contribution is 2.68. The summed E-state index contributed by atoms with van der Waals surface area (Å²) in [4.78, 5) is 15.9. The predicted octanol–water partition coefficient (Wildman–Crippen LogP) is 2.96. The molecule has 0 unspecified atom stereocenters. The van der Waals surface area contributed by atoms with Crippen LogP contribution in [0.4, 0.5) is 5.82 Å². The first kappa shape index (κ1) is 13.8. The number of rotatable bonds is 4. The molecule has 1 heterocycles. The average Bonchev–Trinajstić information content (AvgIpc) is 2.76. The Bertz CT molecular complexity index is 481. The van der Waals surface area contributed by atoms with Crippen molar-refractivity contribution in [1.82, 2.24) is 4.98 Å². The third-order valence-electron chi connectivity index (χ3n) is 5.01. The van der Waals surface area contributed by atoms with E-state index in [2.05, 4.69) is 38.0 Å². The third kappa shape index (κ3) is 2.20. The molecule has 1 saturated carbocycles. The lowest BCUT2D eigenvalue weighted by molar-refractivity contribution is 0.0601. The SMILES string of the molecule is COC(=O)c1cccnc1NCC1C(C)(C)C1(C)C. The molecule has 0 aliphatic heterocycles. The Hall–Kier alpha value is -1.58. The van der Waals surface area contributed by atoms with E-state index < -0.39 is 0 Å². The number of nitrogens with zero attached hydrogens (tertiary/aromatic N) is 1. The summed E-state index contributed by atoms with van der Waals surface area (Å²) in [5.41, 5.74) is 1.13. The predicted molar refractivity (Wildman–Crippen MR) is 75.1 cm³/mol. The Labute approximate surface area is 114 Å². The Morgan fingerprint density at radius 2 is 2.00 bits per heavy atom. The van der Waals surface area contributed by atoms with Crippen LogP contribution in [0, 0.1) is 16.7 Å². The minimum atomic E-state index is -0.357. The van der Waals surface area contributed by atoms with Crippen LogP contribution in [0.25, 0.3) is 0 Å². The zero-order valence-corrected chi connectivity index (χ0v) is 12.3. The van der Waals surface area contributed by atoms with Crippen LogP contribution in [0.2, 0.25) is 0 Å². The van der Waals surface area contributed by atoms with Crippen molar-refractivity contribution in [2.75, 3.05) is 19.0 Å². The van der Waals surface area contributed by atoms with Crippen molar-refractivity contribution in [2.24, 2.45) is 16.7 Å². The molecule has 0 bridgehead atoms. The smallest absolute Gasteiger partial charge is 0.341 e. The van der Waals surface area contributed by atoms with Gasteiger partial charge < -0.3 is 10.1 Å². The van der Waals surface area contributed by atoms with Gasteiger partial charge in [0.15, 0.2) is 0 Å². The molecule has 0 radical (unpaired) electrons. The molecule has 0 amide bonds. The molecule has 0 aromatic carbocycles. The van der Waals surface area contributed by atoms with Crippen LogP contribution in [0.1, 0.15) is 38.1 Å². The number of hydrogen-bond donors (Lipinski definition) is 1. The van der Waals surface area contributed by atoms with E-state index in [4.69, 9.17) is 4.74 Å². The molecule has 1 aliphatic carbocycles. The van der Waals surface area contributed by atoms with E-state index in [0.717, 1.165) is 6.54 Å². The molecule has 1 aromatic heterocycles. The number of ether oxygens (including phenoxy) is 1. The fourth-order valence-electron chi connectivity index (χ4n) is 2.86. The maximum Gasteiger partial charge on any atom is 0.341 e. The number of carbonyl (C=O) groups excluding carboxylic acids is 1. The highest BCUT2D eigenvalue weighted by Gasteiger charge is 2.64. The van der Waals surface area contributed by atoms with Crippen LogP contribution in [0.3, 0.4) is 0 Å². The minimum absolute atomic E-state index is 0.320. The Morgan fingerprint density at radius 3 is 2.53 bits per heavy atom. The highest BCUT2D eigenvalue weighted by molar-refractivity contribution is 5.94. The number of anilines is 1. The highest BCUT2D eigenvalue weighted by atomic mass is 16.5. The van der Waals surface area contributed by atoms with Crippen molar-refractivity contribution < 1.29 is 9.53 Å². The van der Waals surface area contributed by atoms with Crippen molar-refractivity contribution >= 4 is 11.8 Å². The van der Waals surface area contributed by atoms with E-state index >= 15 is 0 Å². The molecule has 104 valence electrons. The fourth-order valence-corrected chi connectivity index (χ4v) is 2.86. The normalized spacial score (nSPS) is 19.8. The lowest BCUT2D eigenvalue weighted by Crippen LogP contribution is -2.13. The van der Waals surface area contributed by atoms with Gasteiger partial charge in [-0.05, 0) is 28.9 Å². The molecule has 1 fully saturated rings. The van der Waals surface area contributed by atoms with Gasteiger partial charge in [0.2, 0.25) is 0 Å². The topological polar surface area (TPSA) is 51.2 Å². The summed E-state index contributed by atoms with van der Waals surface area (Å²) in [6.45, 7) is 9.93. The first-order valence-electron chi connectivity index (χ1n) is 6.59. The van der Waals surface area contributed by atoms with E-state index in [1.807, 2.05) is 0 Å². The minimum Gasteiger partial charge on any atom is -0.465 e. The number of aromatic nitrogens is 1. The molecule has 4 nitrogen and oxygen atoms in total. The van der Waals surface area contributed by atoms with Crippen LogP contribution < -0.4 is 5.32 Å². The number of nitrogens with one attached hydrogen (secondary N) is 1. The second kappa shape index (κ2) is 4.51. The summed E-state index contributed by atoms with van der Waals surface area (Å²) in [7, 11) is 1.38. The second-order valence-electron chi connectivity index (χ2n) is 6.27. The number of carbonyl (C=O) groups is 1. The second-order valence-corrected chi connectivity index (χ2v) is 6.27. The molecule has 1 N–H and O–H groups in total. The standard InChI is InChI=1S/C15H22N2O2/c1-14(2)11(15(14,3)4)9-17-12-10(13(18)19-5)7-6-8-16-12/h6-8,11H,9H2,1-5H3,(H,16,17).